The van der Waals surface area contributed by atoms with Crippen LogP contribution >= 0.6 is 12.2 Å². The number of hydrogen-bond acceptors (Lipinski definition) is 2. The van der Waals surface area contributed by atoms with E-state index < -0.39 is 0 Å². The monoisotopic (exact) mass is 236 g/mol. The second-order valence-corrected chi connectivity index (χ2v) is 4.67. The van der Waals surface area contributed by atoms with Gasteiger partial charge in [-0.1, -0.05) is 43.4 Å². The average molecular weight is 236 g/mol. The van der Waals surface area contributed by atoms with E-state index in [2.05, 4.69) is 37.9 Å². The van der Waals surface area contributed by atoms with Crippen molar-refractivity contribution >= 4 is 17.2 Å². The minimum atomic E-state index is 0.460. The molecule has 0 aliphatic heterocycles. The molecule has 0 spiro atoms. The molecule has 1 rings (SSSR count). The van der Waals surface area contributed by atoms with Gasteiger partial charge in [0.05, 0.1) is 0 Å². The van der Waals surface area contributed by atoms with Crippen LogP contribution in [0.2, 0.25) is 0 Å². The van der Waals surface area contributed by atoms with Crippen molar-refractivity contribution in [3.05, 3.63) is 35.4 Å². The quantitative estimate of drug-likeness (QED) is 0.797. The van der Waals surface area contributed by atoms with Gasteiger partial charge in [-0.3, -0.25) is 4.90 Å². The maximum Gasteiger partial charge on any atom is 0.103 e. The zero-order valence-electron chi connectivity index (χ0n) is 10.2. The lowest BCUT2D eigenvalue weighted by molar-refractivity contribution is 0.244. The average Bonchev–Trinajstić information content (AvgIpc) is 2.28. The summed E-state index contributed by atoms with van der Waals surface area (Å²) in [5.74, 6) is 0. The highest BCUT2D eigenvalue weighted by Crippen LogP contribution is 2.09. The van der Waals surface area contributed by atoms with Crippen molar-refractivity contribution in [1.82, 2.24) is 4.90 Å². The molecule has 1 aromatic carbocycles. The third kappa shape index (κ3) is 3.58. The first kappa shape index (κ1) is 13.1. The van der Waals surface area contributed by atoms with E-state index in [-0.39, 0.29) is 0 Å². The van der Waals surface area contributed by atoms with Gasteiger partial charge in [0.1, 0.15) is 4.99 Å². The Morgan fingerprint density at radius 3 is 2.38 bits per heavy atom. The molecular formula is C13H20N2S. The molecule has 0 saturated heterocycles. The van der Waals surface area contributed by atoms with Gasteiger partial charge in [-0.2, -0.15) is 0 Å². The highest BCUT2D eigenvalue weighted by Gasteiger charge is 2.07. The van der Waals surface area contributed by atoms with Gasteiger partial charge in [-0.25, -0.2) is 0 Å². The summed E-state index contributed by atoms with van der Waals surface area (Å²) >= 11 is 4.92. The first-order valence-electron chi connectivity index (χ1n) is 5.63. The molecule has 0 bridgehead atoms. The van der Waals surface area contributed by atoms with E-state index in [4.69, 9.17) is 18.0 Å². The molecule has 88 valence electrons. The van der Waals surface area contributed by atoms with E-state index in [0.29, 0.717) is 11.0 Å². The van der Waals surface area contributed by atoms with Crippen LogP contribution in [0.5, 0.6) is 0 Å². The molecule has 0 heterocycles. The maximum atomic E-state index is 5.56. The molecule has 2 N–H and O–H groups in total. The lowest BCUT2D eigenvalue weighted by Gasteiger charge is -2.23. The summed E-state index contributed by atoms with van der Waals surface area (Å²) in [6, 6.07) is 8.76. The van der Waals surface area contributed by atoms with Crippen LogP contribution in [0, 0.1) is 0 Å². The van der Waals surface area contributed by atoms with Crippen molar-refractivity contribution in [1.29, 1.82) is 0 Å². The molecule has 0 saturated carbocycles. The summed E-state index contributed by atoms with van der Waals surface area (Å²) in [6.45, 7) is 5.41. The molecule has 0 radical (unpaired) electrons. The number of rotatable bonds is 5. The van der Waals surface area contributed by atoms with Crippen LogP contribution in [-0.4, -0.2) is 23.0 Å². The Kier molecular flexibility index (Phi) is 4.90. The van der Waals surface area contributed by atoms with E-state index in [1.165, 1.54) is 12.0 Å². The summed E-state index contributed by atoms with van der Waals surface area (Å²) in [7, 11) is 2.15. The van der Waals surface area contributed by atoms with Gasteiger partial charge in [0.15, 0.2) is 0 Å². The van der Waals surface area contributed by atoms with Crippen LogP contribution in [0.1, 0.15) is 31.4 Å². The minimum Gasteiger partial charge on any atom is -0.389 e. The molecule has 1 unspecified atom stereocenters. The fourth-order valence-electron chi connectivity index (χ4n) is 1.53. The standard InChI is InChI=1S/C13H20N2S/c1-4-10(2)15(3)9-11-5-7-12(8-6-11)13(14)16/h5-8,10H,4,9H2,1-3H3,(H2,14,16). The molecule has 0 aromatic heterocycles. The first-order chi connectivity index (χ1) is 7.54. The second kappa shape index (κ2) is 5.97. The third-order valence-corrected chi connectivity index (χ3v) is 3.25. The van der Waals surface area contributed by atoms with Gasteiger partial charge < -0.3 is 5.73 Å². The van der Waals surface area contributed by atoms with E-state index >= 15 is 0 Å². The highest BCUT2D eigenvalue weighted by molar-refractivity contribution is 7.80. The van der Waals surface area contributed by atoms with Crippen molar-refractivity contribution in [3.63, 3.8) is 0 Å². The van der Waals surface area contributed by atoms with Crippen molar-refractivity contribution in [2.75, 3.05) is 7.05 Å². The number of nitrogens with two attached hydrogens (primary N) is 1. The van der Waals surface area contributed by atoms with Crippen molar-refractivity contribution in [3.8, 4) is 0 Å². The molecule has 2 nitrogen and oxygen atoms in total. The van der Waals surface area contributed by atoms with Crippen LogP contribution in [0.25, 0.3) is 0 Å². The number of benzene rings is 1. The Balaban J connectivity index is 2.65. The second-order valence-electron chi connectivity index (χ2n) is 4.23. The van der Waals surface area contributed by atoms with Crippen LogP contribution in [0.4, 0.5) is 0 Å². The van der Waals surface area contributed by atoms with Crippen LogP contribution in [-0.2, 0) is 6.54 Å². The van der Waals surface area contributed by atoms with E-state index in [9.17, 15) is 0 Å². The molecule has 0 aliphatic carbocycles. The summed E-state index contributed by atoms with van der Waals surface area (Å²) < 4.78 is 0. The SMILES string of the molecule is CCC(C)N(C)Cc1ccc(C(N)=S)cc1. The highest BCUT2D eigenvalue weighted by atomic mass is 32.1. The van der Waals surface area contributed by atoms with E-state index in [1.807, 2.05) is 12.1 Å². The molecule has 0 aliphatic rings. The molecule has 16 heavy (non-hydrogen) atoms. The fourth-order valence-corrected chi connectivity index (χ4v) is 1.67. The van der Waals surface area contributed by atoms with Crippen LogP contribution in [0.15, 0.2) is 24.3 Å². The summed E-state index contributed by atoms with van der Waals surface area (Å²) in [4.78, 5) is 2.80. The molecule has 1 atom stereocenters. The topological polar surface area (TPSA) is 29.3 Å². The number of hydrogen-bond donors (Lipinski definition) is 1. The van der Waals surface area contributed by atoms with E-state index in [1.54, 1.807) is 0 Å². The Hall–Kier alpha value is -0.930. The predicted molar refractivity (Wildman–Crippen MR) is 73.5 cm³/mol. The minimum absolute atomic E-state index is 0.460. The van der Waals surface area contributed by atoms with Gasteiger partial charge in [-0.05, 0) is 26.0 Å². The smallest absolute Gasteiger partial charge is 0.103 e. The fraction of sp³-hybridized carbons (Fsp3) is 0.462. The van der Waals surface area contributed by atoms with Crippen molar-refractivity contribution < 1.29 is 0 Å². The third-order valence-electron chi connectivity index (χ3n) is 3.01. The molecule has 0 amide bonds. The van der Waals surface area contributed by atoms with E-state index in [0.717, 1.165) is 12.1 Å². The van der Waals surface area contributed by atoms with Gasteiger partial charge in [0.2, 0.25) is 0 Å². The van der Waals surface area contributed by atoms with Gasteiger partial charge >= 0.3 is 0 Å². The molecule has 0 fully saturated rings. The van der Waals surface area contributed by atoms with Crippen LogP contribution < -0.4 is 5.73 Å². The zero-order chi connectivity index (χ0) is 12.1. The normalized spacial score (nSPS) is 12.8. The number of thiocarbonyl (C=S) groups is 1. The summed E-state index contributed by atoms with van der Waals surface area (Å²) in [5, 5.41) is 0. The van der Waals surface area contributed by atoms with Crippen LogP contribution in [0.3, 0.4) is 0 Å². The lowest BCUT2D eigenvalue weighted by Crippen LogP contribution is -2.27. The Labute approximate surface area is 103 Å². The molecule has 1 aromatic rings. The first-order valence-corrected chi connectivity index (χ1v) is 6.04. The Morgan fingerprint density at radius 1 is 1.38 bits per heavy atom. The van der Waals surface area contributed by atoms with Gasteiger partial charge in [0.25, 0.3) is 0 Å². The van der Waals surface area contributed by atoms with Gasteiger partial charge in [-0.15, -0.1) is 0 Å². The Bertz CT molecular complexity index is 345. The number of nitrogens with zero attached hydrogens (tertiary/aromatic N) is 1. The predicted octanol–water partition coefficient (Wildman–Crippen LogP) is 2.55. The largest absolute Gasteiger partial charge is 0.389 e. The summed E-state index contributed by atoms with van der Waals surface area (Å²) in [5.41, 5.74) is 7.79. The molecule has 3 heteroatoms. The lowest BCUT2D eigenvalue weighted by atomic mass is 10.1. The zero-order valence-corrected chi connectivity index (χ0v) is 11.1. The maximum absolute atomic E-state index is 5.56. The van der Waals surface area contributed by atoms with Gasteiger partial charge in [0, 0.05) is 18.2 Å². The van der Waals surface area contributed by atoms with Crippen molar-refractivity contribution in [2.24, 2.45) is 5.73 Å². The van der Waals surface area contributed by atoms with Crippen molar-refractivity contribution in [2.45, 2.75) is 32.9 Å². The summed E-state index contributed by atoms with van der Waals surface area (Å²) in [6.07, 6.45) is 1.17. The molecular weight excluding hydrogens is 216 g/mol. The Morgan fingerprint density at radius 2 is 1.94 bits per heavy atom.